The lowest BCUT2D eigenvalue weighted by Crippen LogP contribution is -2.52. The van der Waals surface area contributed by atoms with E-state index in [1.165, 1.54) is 6.07 Å². The normalized spacial score (nSPS) is 28.6. The summed E-state index contributed by atoms with van der Waals surface area (Å²) in [5.74, 6) is 0. The van der Waals surface area contributed by atoms with Crippen molar-refractivity contribution in [3.63, 3.8) is 0 Å². The number of hydrogen-bond donors (Lipinski definition) is 2. The Kier molecular flexibility index (Phi) is 2.44. The van der Waals surface area contributed by atoms with E-state index in [9.17, 15) is 15.2 Å². The zero-order valence-corrected chi connectivity index (χ0v) is 9.01. The molecule has 1 saturated carbocycles. The summed E-state index contributed by atoms with van der Waals surface area (Å²) >= 11 is 0. The molecule has 0 radical (unpaired) electrons. The van der Waals surface area contributed by atoms with Gasteiger partial charge in [0.05, 0.1) is 22.1 Å². The van der Waals surface area contributed by atoms with Gasteiger partial charge in [0.25, 0.3) is 5.69 Å². The van der Waals surface area contributed by atoms with E-state index in [4.69, 9.17) is 5.73 Å². The first-order chi connectivity index (χ1) is 7.44. The van der Waals surface area contributed by atoms with Gasteiger partial charge in [-0.25, -0.2) is 0 Å². The second kappa shape index (κ2) is 3.54. The van der Waals surface area contributed by atoms with Crippen LogP contribution < -0.4 is 5.73 Å². The second-order valence-corrected chi connectivity index (χ2v) is 4.44. The first-order valence-electron chi connectivity index (χ1n) is 5.15. The molecule has 1 fully saturated rings. The third-order valence-corrected chi connectivity index (χ3v) is 3.15. The largest absolute Gasteiger partial charge is 0.393 e. The highest BCUT2D eigenvalue weighted by atomic mass is 16.6. The van der Waals surface area contributed by atoms with Gasteiger partial charge >= 0.3 is 0 Å². The number of aliphatic hydroxyl groups is 1. The molecule has 0 atom stereocenters. The summed E-state index contributed by atoms with van der Waals surface area (Å²) in [5, 5.41) is 20.2. The van der Waals surface area contributed by atoms with Crippen molar-refractivity contribution in [2.24, 2.45) is 5.73 Å². The third-order valence-electron chi connectivity index (χ3n) is 3.15. The van der Waals surface area contributed by atoms with Gasteiger partial charge in [0, 0.05) is 6.07 Å². The monoisotopic (exact) mass is 222 g/mol. The molecular weight excluding hydrogens is 208 g/mol. The minimum atomic E-state index is -0.743. The molecule has 0 saturated heterocycles. The summed E-state index contributed by atoms with van der Waals surface area (Å²) in [4.78, 5) is 10.5. The van der Waals surface area contributed by atoms with Crippen molar-refractivity contribution in [2.75, 3.05) is 0 Å². The van der Waals surface area contributed by atoms with E-state index < -0.39 is 16.6 Å². The number of nitro benzene ring substituents is 1. The Labute approximate surface area is 93.0 Å². The van der Waals surface area contributed by atoms with Crippen LogP contribution in [0, 0.1) is 17.0 Å². The van der Waals surface area contributed by atoms with Crippen LogP contribution in [0.3, 0.4) is 0 Å². The zero-order valence-electron chi connectivity index (χ0n) is 9.01. The Hall–Kier alpha value is -1.46. The van der Waals surface area contributed by atoms with Crippen LogP contribution in [0.2, 0.25) is 0 Å². The van der Waals surface area contributed by atoms with Crippen LogP contribution in [-0.2, 0) is 5.54 Å². The fraction of sp³-hybridized carbons (Fsp3) is 0.455. The number of benzene rings is 1. The average molecular weight is 222 g/mol. The van der Waals surface area contributed by atoms with Gasteiger partial charge in [-0.3, -0.25) is 10.1 Å². The first kappa shape index (κ1) is 11.0. The first-order valence-corrected chi connectivity index (χ1v) is 5.15. The molecule has 0 heterocycles. The molecule has 5 heteroatoms. The van der Waals surface area contributed by atoms with Crippen LogP contribution >= 0.6 is 0 Å². The molecule has 86 valence electrons. The van der Waals surface area contributed by atoms with E-state index in [0.717, 1.165) is 5.56 Å². The van der Waals surface area contributed by atoms with Crippen molar-refractivity contribution in [1.29, 1.82) is 0 Å². The second-order valence-electron chi connectivity index (χ2n) is 4.44. The molecule has 1 aliphatic rings. The maximum atomic E-state index is 10.9. The van der Waals surface area contributed by atoms with Gasteiger partial charge in [-0.1, -0.05) is 12.1 Å². The lowest BCUT2D eigenvalue weighted by Gasteiger charge is -2.42. The van der Waals surface area contributed by atoms with Gasteiger partial charge in [-0.2, -0.15) is 0 Å². The molecule has 0 spiro atoms. The molecule has 1 aromatic carbocycles. The number of rotatable bonds is 2. The summed E-state index contributed by atoms with van der Waals surface area (Å²) in [6, 6.07) is 4.92. The molecule has 0 amide bonds. The minimum absolute atomic E-state index is 0.0504. The van der Waals surface area contributed by atoms with Crippen molar-refractivity contribution < 1.29 is 10.0 Å². The Morgan fingerprint density at radius 3 is 2.69 bits per heavy atom. The molecule has 5 nitrogen and oxygen atoms in total. The van der Waals surface area contributed by atoms with Crippen molar-refractivity contribution in [1.82, 2.24) is 0 Å². The van der Waals surface area contributed by atoms with Gasteiger partial charge in [-0.15, -0.1) is 0 Å². The maximum absolute atomic E-state index is 10.9. The number of nitrogens with two attached hydrogens (primary N) is 1. The van der Waals surface area contributed by atoms with Crippen molar-refractivity contribution in [3.05, 3.63) is 39.4 Å². The Morgan fingerprint density at radius 1 is 1.56 bits per heavy atom. The van der Waals surface area contributed by atoms with E-state index in [-0.39, 0.29) is 5.69 Å². The fourth-order valence-corrected chi connectivity index (χ4v) is 2.44. The van der Waals surface area contributed by atoms with Crippen LogP contribution in [0.4, 0.5) is 5.69 Å². The quantitative estimate of drug-likeness (QED) is 0.581. The van der Waals surface area contributed by atoms with Gasteiger partial charge in [0.15, 0.2) is 0 Å². The van der Waals surface area contributed by atoms with Crippen LogP contribution in [0.5, 0.6) is 0 Å². The number of hydrogen-bond acceptors (Lipinski definition) is 4. The Morgan fingerprint density at radius 2 is 2.19 bits per heavy atom. The highest BCUT2D eigenvalue weighted by Crippen LogP contribution is 2.44. The van der Waals surface area contributed by atoms with Gasteiger partial charge in [0.2, 0.25) is 0 Å². The summed E-state index contributed by atoms with van der Waals surface area (Å²) in [6.45, 7) is 1.81. The smallest absolute Gasteiger partial charge is 0.274 e. The summed E-state index contributed by atoms with van der Waals surface area (Å²) in [6.07, 6.45) is 0.335. The topological polar surface area (TPSA) is 89.4 Å². The average Bonchev–Trinajstić information content (AvgIpc) is 2.14. The number of aliphatic hydroxyl groups excluding tert-OH is 1. The van der Waals surface area contributed by atoms with Gasteiger partial charge in [0.1, 0.15) is 0 Å². The van der Waals surface area contributed by atoms with Crippen LogP contribution in [-0.4, -0.2) is 16.1 Å². The van der Waals surface area contributed by atoms with Crippen LogP contribution in [0.25, 0.3) is 0 Å². The zero-order chi connectivity index (χ0) is 11.9. The summed E-state index contributed by atoms with van der Waals surface area (Å²) in [7, 11) is 0. The lowest BCUT2D eigenvalue weighted by molar-refractivity contribution is -0.386. The molecule has 0 unspecified atom stereocenters. The Balaban J connectivity index is 2.51. The molecule has 1 aliphatic carbocycles. The van der Waals surface area contributed by atoms with E-state index in [1.54, 1.807) is 6.07 Å². The maximum Gasteiger partial charge on any atom is 0.274 e. The van der Waals surface area contributed by atoms with Crippen molar-refractivity contribution in [3.8, 4) is 0 Å². The molecule has 16 heavy (non-hydrogen) atoms. The number of aryl methyl sites for hydroxylation is 1. The summed E-state index contributed by atoms with van der Waals surface area (Å²) < 4.78 is 0. The molecule has 0 bridgehead atoms. The van der Waals surface area contributed by atoms with Crippen molar-refractivity contribution >= 4 is 5.69 Å². The van der Waals surface area contributed by atoms with E-state index >= 15 is 0 Å². The van der Waals surface area contributed by atoms with E-state index in [2.05, 4.69) is 0 Å². The molecule has 0 aliphatic heterocycles. The van der Waals surface area contributed by atoms with Crippen LogP contribution in [0.15, 0.2) is 18.2 Å². The number of nitro groups is 1. The van der Waals surface area contributed by atoms with Crippen molar-refractivity contribution in [2.45, 2.75) is 31.4 Å². The standard InChI is InChI=1S/C11H14N2O3/c1-7-3-2-4-9(13(15)16)10(7)11(12)5-8(14)6-11/h2-4,8,14H,5-6,12H2,1H3. The SMILES string of the molecule is Cc1cccc([N+](=O)[O-])c1C1(N)CC(O)C1. The van der Waals surface area contributed by atoms with Gasteiger partial charge < -0.3 is 10.8 Å². The molecule has 1 aromatic rings. The fourth-order valence-electron chi connectivity index (χ4n) is 2.44. The van der Waals surface area contributed by atoms with Gasteiger partial charge in [-0.05, 0) is 25.3 Å². The molecular formula is C11H14N2O3. The third kappa shape index (κ3) is 1.58. The Bertz CT molecular complexity index is 439. The molecule has 2 rings (SSSR count). The highest BCUT2D eigenvalue weighted by molar-refractivity contribution is 5.50. The molecule has 3 N–H and O–H groups in total. The van der Waals surface area contributed by atoms with Crippen LogP contribution in [0.1, 0.15) is 24.0 Å². The lowest BCUT2D eigenvalue weighted by atomic mass is 9.69. The summed E-state index contributed by atoms with van der Waals surface area (Å²) in [5.41, 5.74) is 6.77. The minimum Gasteiger partial charge on any atom is -0.393 e. The van der Waals surface area contributed by atoms with E-state index in [1.807, 2.05) is 13.0 Å². The van der Waals surface area contributed by atoms with E-state index in [0.29, 0.717) is 18.4 Å². The molecule has 0 aromatic heterocycles. The predicted molar refractivity (Wildman–Crippen MR) is 58.9 cm³/mol. The predicted octanol–water partition coefficient (Wildman–Crippen LogP) is 1.21. The highest BCUT2D eigenvalue weighted by Gasteiger charge is 2.45. The number of nitrogens with zero attached hydrogens (tertiary/aromatic N) is 1.